The van der Waals surface area contributed by atoms with Gasteiger partial charge in [-0.15, -0.1) is 0 Å². The van der Waals surface area contributed by atoms with Crippen LogP contribution in [0.15, 0.2) is 47.4 Å². The van der Waals surface area contributed by atoms with Crippen LogP contribution in [0.5, 0.6) is 17.2 Å². The van der Waals surface area contributed by atoms with Gasteiger partial charge in [0.1, 0.15) is 17.2 Å². The lowest BCUT2D eigenvalue weighted by atomic mass is 10.3. The number of sulfone groups is 1. The van der Waals surface area contributed by atoms with Crippen LogP contribution in [0.1, 0.15) is 0 Å². The molecule has 25 heavy (non-hydrogen) atoms. The van der Waals surface area contributed by atoms with Gasteiger partial charge < -0.3 is 19.5 Å². The highest BCUT2D eigenvalue weighted by molar-refractivity contribution is 7.90. The number of hydrogen-bond acceptors (Lipinski definition) is 6. The zero-order valence-corrected chi connectivity index (χ0v) is 14.9. The van der Waals surface area contributed by atoms with Crippen molar-refractivity contribution in [2.45, 2.75) is 4.90 Å². The molecule has 0 aliphatic heterocycles. The van der Waals surface area contributed by atoms with Crippen molar-refractivity contribution in [3.63, 3.8) is 0 Å². The van der Waals surface area contributed by atoms with Crippen LogP contribution in [-0.4, -0.2) is 41.4 Å². The van der Waals surface area contributed by atoms with Gasteiger partial charge in [-0.3, -0.25) is 4.79 Å². The van der Waals surface area contributed by atoms with Crippen molar-refractivity contribution in [2.24, 2.45) is 0 Å². The van der Waals surface area contributed by atoms with Crippen LogP contribution in [0.4, 0.5) is 5.69 Å². The Hall–Kier alpha value is -2.74. The second-order valence-corrected chi connectivity index (χ2v) is 7.14. The summed E-state index contributed by atoms with van der Waals surface area (Å²) in [6.07, 6.45) is 1.08. The van der Waals surface area contributed by atoms with E-state index in [1.807, 2.05) is 0 Å². The number of benzene rings is 2. The standard InChI is InChI=1S/C17H19NO6S/c1-22-12-8-13(23-2)10-14(9-12)24-11-17(19)18-15-6-4-5-7-16(15)25(3,20)21/h4-10H,11H2,1-3H3,(H,18,19). The number of anilines is 1. The Bertz CT molecular complexity index is 841. The summed E-state index contributed by atoms with van der Waals surface area (Å²) >= 11 is 0. The Morgan fingerprint density at radius 3 is 2.12 bits per heavy atom. The van der Waals surface area contributed by atoms with Crippen molar-refractivity contribution in [3.8, 4) is 17.2 Å². The Morgan fingerprint density at radius 1 is 1.00 bits per heavy atom. The zero-order chi connectivity index (χ0) is 18.4. The Balaban J connectivity index is 2.07. The van der Waals surface area contributed by atoms with E-state index in [2.05, 4.69) is 5.32 Å². The molecule has 0 atom stereocenters. The summed E-state index contributed by atoms with van der Waals surface area (Å²) in [5.41, 5.74) is 0.210. The van der Waals surface area contributed by atoms with E-state index in [0.717, 1.165) is 6.26 Å². The topological polar surface area (TPSA) is 90.9 Å². The van der Waals surface area contributed by atoms with Gasteiger partial charge in [-0.2, -0.15) is 0 Å². The molecule has 0 fully saturated rings. The van der Waals surface area contributed by atoms with E-state index in [1.54, 1.807) is 30.3 Å². The molecule has 0 aliphatic carbocycles. The first-order valence-corrected chi connectivity index (χ1v) is 9.17. The molecule has 1 N–H and O–H groups in total. The number of nitrogens with one attached hydrogen (secondary N) is 1. The molecule has 134 valence electrons. The number of ether oxygens (including phenoxy) is 3. The van der Waals surface area contributed by atoms with Crippen LogP contribution in [0.25, 0.3) is 0 Å². The van der Waals surface area contributed by atoms with Crippen LogP contribution >= 0.6 is 0 Å². The molecule has 0 aliphatic rings. The molecule has 0 spiro atoms. The van der Waals surface area contributed by atoms with Crippen LogP contribution in [0, 0.1) is 0 Å². The highest BCUT2D eigenvalue weighted by Crippen LogP contribution is 2.27. The van der Waals surface area contributed by atoms with Gasteiger partial charge in [-0.1, -0.05) is 12.1 Å². The summed E-state index contributed by atoms with van der Waals surface area (Å²) < 4.78 is 39.2. The number of amides is 1. The first kappa shape index (κ1) is 18.6. The fourth-order valence-corrected chi connectivity index (χ4v) is 2.94. The van der Waals surface area contributed by atoms with E-state index in [0.29, 0.717) is 17.2 Å². The average molecular weight is 365 g/mol. The predicted molar refractivity (Wildman–Crippen MR) is 93.2 cm³/mol. The number of methoxy groups -OCH3 is 2. The lowest BCUT2D eigenvalue weighted by Gasteiger charge is -2.12. The maximum Gasteiger partial charge on any atom is 0.262 e. The Kier molecular flexibility index (Phi) is 5.87. The van der Waals surface area contributed by atoms with E-state index in [9.17, 15) is 13.2 Å². The minimum absolute atomic E-state index is 0.0476. The molecule has 0 aromatic heterocycles. The van der Waals surface area contributed by atoms with Crippen LogP contribution in [0.3, 0.4) is 0 Å². The van der Waals surface area contributed by atoms with Gasteiger partial charge in [0.15, 0.2) is 16.4 Å². The van der Waals surface area contributed by atoms with Crippen LogP contribution in [-0.2, 0) is 14.6 Å². The first-order valence-electron chi connectivity index (χ1n) is 7.28. The summed E-state index contributed by atoms with van der Waals surface area (Å²) in [5, 5.41) is 2.54. The molecule has 2 rings (SSSR count). The average Bonchev–Trinajstić information content (AvgIpc) is 2.59. The molecule has 2 aromatic rings. The lowest BCUT2D eigenvalue weighted by molar-refractivity contribution is -0.118. The second-order valence-electron chi connectivity index (χ2n) is 5.15. The molecule has 0 heterocycles. The molecule has 1 amide bonds. The highest BCUT2D eigenvalue weighted by Gasteiger charge is 2.15. The minimum atomic E-state index is -3.45. The highest BCUT2D eigenvalue weighted by atomic mass is 32.2. The molecule has 8 heteroatoms. The molecular weight excluding hydrogens is 346 g/mol. The Labute approximate surface area is 146 Å². The van der Waals surface area contributed by atoms with Crippen molar-refractivity contribution >= 4 is 21.4 Å². The molecule has 0 bridgehead atoms. The van der Waals surface area contributed by atoms with Crippen LogP contribution < -0.4 is 19.5 Å². The van der Waals surface area contributed by atoms with Crippen molar-refractivity contribution in [3.05, 3.63) is 42.5 Å². The largest absolute Gasteiger partial charge is 0.496 e. The van der Waals surface area contributed by atoms with Gasteiger partial charge in [0.05, 0.1) is 24.8 Å². The number of hydrogen-bond donors (Lipinski definition) is 1. The molecule has 0 unspecified atom stereocenters. The monoisotopic (exact) mass is 365 g/mol. The van der Waals surface area contributed by atoms with Crippen molar-refractivity contribution < 1.29 is 27.4 Å². The number of para-hydroxylation sites is 1. The van der Waals surface area contributed by atoms with E-state index >= 15 is 0 Å². The third kappa shape index (κ3) is 5.12. The summed E-state index contributed by atoms with van der Waals surface area (Å²) in [6.45, 7) is -0.297. The predicted octanol–water partition coefficient (Wildman–Crippen LogP) is 2.12. The van der Waals surface area contributed by atoms with Crippen molar-refractivity contribution in [1.82, 2.24) is 0 Å². The van der Waals surface area contributed by atoms with Gasteiger partial charge >= 0.3 is 0 Å². The minimum Gasteiger partial charge on any atom is -0.496 e. The molecule has 0 saturated heterocycles. The third-order valence-electron chi connectivity index (χ3n) is 3.26. The van der Waals surface area contributed by atoms with Gasteiger partial charge in [-0.25, -0.2) is 8.42 Å². The van der Waals surface area contributed by atoms with Crippen molar-refractivity contribution in [2.75, 3.05) is 32.4 Å². The third-order valence-corrected chi connectivity index (χ3v) is 4.41. The van der Waals surface area contributed by atoms with Gasteiger partial charge in [0.25, 0.3) is 5.91 Å². The van der Waals surface area contributed by atoms with E-state index in [1.165, 1.54) is 26.4 Å². The zero-order valence-electron chi connectivity index (χ0n) is 14.1. The maximum atomic E-state index is 12.1. The summed E-state index contributed by atoms with van der Waals surface area (Å²) in [4.78, 5) is 12.1. The van der Waals surface area contributed by atoms with Crippen molar-refractivity contribution in [1.29, 1.82) is 0 Å². The van der Waals surface area contributed by atoms with Gasteiger partial charge in [0.2, 0.25) is 0 Å². The second kappa shape index (κ2) is 7.89. The normalized spacial score (nSPS) is 10.8. The molecule has 7 nitrogen and oxygen atoms in total. The van der Waals surface area contributed by atoms with E-state index in [4.69, 9.17) is 14.2 Å². The van der Waals surface area contributed by atoms with Gasteiger partial charge in [-0.05, 0) is 12.1 Å². The quantitative estimate of drug-likeness (QED) is 0.808. The lowest BCUT2D eigenvalue weighted by Crippen LogP contribution is -2.21. The van der Waals surface area contributed by atoms with E-state index in [-0.39, 0.29) is 17.2 Å². The molecule has 2 aromatic carbocycles. The fourth-order valence-electron chi connectivity index (χ4n) is 2.09. The smallest absolute Gasteiger partial charge is 0.262 e. The molecule has 0 radical (unpaired) electrons. The summed E-state index contributed by atoms with van der Waals surface area (Å²) in [6, 6.07) is 11.1. The molecular formula is C17H19NO6S. The summed E-state index contributed by atoms with van der Waals surface area (Å²) in [5.74, 6) is 0.954. The first-order chi connectivity index (χ1) is 11.8. The van der Waals surface area contributed by atoms with Gasteiger partial charge in [0, 0.05) is 24.5 Å². The number of carbonyl (C=O) groups is 1. The summed E-state index contributed by atoms with van der Waals surface area (Å²) in [7, 11) is -0.438. The fraction of sp³-hybridized carbons (Fsp3) is 0.235. The SMILES string of the molecule is COc1cc(OC)cc(OCC(=O)Nc2ccccc2S(C)(=O)=O)c1. The van der Waals surface area contributed by atoms with E-state index < -0.39 is 15.7 Å². The maximum absolute atomic E-state index is 12.1. The Morgan fingerprint density at radius 2 is 1.56 bits per heavy atom. The number of rotatable bonds is 7. The molecule has 0 saturated carbocycles. The van der Waals surface area contributed by atoms with Crippen LogP contribution in [0.2, 0.25) is 0 Å². The number of carbonyl (C=O) groups excluding carboxylic acids is 1.